The molecule has 0 saturated heterocycles. The lowest BCUT2D eigenvalue weighted by molar-refractivity contribution is 0.490. The third kappa shape index (κ3) is 5.23. The number of hydrazone groups is 2. The Morgan fingerprint density at radius 2 is 1.14 bits per heavy atom. The molecule has 4 rings (SSSR count). The van der Waals surface area contributed by atoms with Crippen LogP contribution in [0.4, 0.5) is 10.3 Å². The Morgan fingerprint density at radius 3 is 1.50 bits per heavy atom. The van der Waals surface area contributed by atoms with Gasteiger partial charge in [-0.1, -0.05) is 46.2 Å². The first kappa shape index (κ1) is 20.9. The maximum Gasteiger partial charge on any atom is 0.203 e. The third-order valence-electron chi connectivity index (χ3n) is 2.62. The van der Waals surface area contributed by atoms with Crippen LogP contribution in [0.25, 0.3) is 0 Å². The summed E-state index contributed by atoms with van der Waals surface area (Å²) in [5.41, 5.74) is 22.8. The monoisotopic (exact) mass is 530 g/mol. The van der Waals surface area contributed by atoms with Crippen LogP contribution in [0.2, 0.25) is 0 Å². The van der Waals surface area contributed by atoms with Gasteiger partial charge < -0.3 is 22.9 Å². The molecule has 20 heteroatoms. The summed E-state index contributed by atoms with van der Waals surface area (Å²) in [6.07, 6.45) is 0. The predicted molar refractivity (Wildman–Crippen MR) is 125 cm³/mol. The van der Waals surface area contributed by atoms with Crippen molar-refractivity contribution < 1.29 is 0 Å². The third-order valence-corrected chi connectivity index (χ3v) is 10.6. The number of aromatic nitrogens is 4. The molecule has 12 nitrogen and oxygen atoms in total. The van der Waals surface area contributed by atoms with Crippen molar-refractivity contribution in [3.05, 3.63) is 0 Å². The van der Waals surface area contributed by atoms with Gasteiger partial charge in [0.1, 0.15) is 0 Å². The highest BCUT2D eigenvalue weighted by Gasteiger charge is 2.31. The molecule has 4 heterocycles. The summed E-state index contributed by atoms with van der Waals surface area (Å²) in [4.78, 5) is 0. The van der Waals surface area contributed by atoms with E-state index < -0.39 is 0 Å². The van der Waals surface area contributed by atoms with Crippen LogP contribution < -0.4 is 22.9 Å². The smallest absolute Gasteiger partial charge is 0.203 e. The van der Waals surface area contributed by atoms with Gasteiger partial charge in [-0.25, -0.2) is 0 Å². The average molecular weight is 531 g/mol. The van der Waals surface area contributed by atoms with E-state index in [9.17, 15) is 0 Å². The van der Waals surface area contributed by atoms with Crippen molar-refractivity contribution in [1.82, 2.24) is 29.2 Å². The lowest BCUT2D eigenvalue weighted by Crippen LogP contribution is -2.29. The van der Waals surface area contributed by atoms with Crippen LogP contribution in [0.3, 0.4) is 0 Å². The van der Waals surface area contributed by atoms with Crippen LogP contribution in [0.15, 0.2) is 18.9 Å². The normalized spacial score (nSPS) is 22.1. The minimum Gasteiger partial charge on any atom is -0.374 e. The van der Waals surface area contributed by atoms with Crippen molar-refractivity contribution in [2.24, 2.45) is 21.7 Å². The molecule has 0 radical (unpaired) electrons. The van der Waals surface area contributed by atoms with E-state index in [1.165, 1.54) is 91.7 Å². The fourth-order valence-corrected chi connectivity index (χ4v) is 9.77. The van der Waals surface area contributed by atoms with Crippen LogP contribution in [-0.4, -0.2) is 49.0 Å². The fraction of sp³-hybridized carbons (Fsp3) is 0.250. The fourth-order valence-electron chi connectivity index (χ4n) is 1.57. The Kier molecular flexibility index (Phi) is 6.89. The zero-order chi connectivity index (χ0) is 19.7. The van der Waals surface area contributed by atoms with Gasteiger partial charge in [0.05, 0.1) is 22.0 Å². The molecule has 0 amide bonds. The first-order valence-electron chi connectivity index (χ1n) is 6.95. The molecule has 0 spiro atoms. The second-order valence-electron chi connectivity index (χ2n) is 4.52. The quantitative estimate of drug-likeness (QED) is 0.323. The van der Waals surface area contributed by atoms with Gasteiger partial charge in [-0.15, -0.1) is 30.6 Å². The number of nitrogens with two attached hydrogens (primary N) is 4. The second-order valence-corrected chi connectivity index (χ2v) is 13.7. The number of nitrogens with zero attached hydrogens (tertiary/aromatic N) is 8. The molecule has 8 N–H and O–H groups in total. The van der Waals surface area contributed by atoms with Crippen LogP contribution >= 0.6 is 91.7 Å². The van der Waals surface area contributed by atoms with Crippen molar-refractivity contribution in [3.8, 4) is 0 Å². The van der Waals surface area contributed by atoms with Gasteiger partial charge in [0.15, 0.2) is 28.4 Å². The van der Waals surface area contributed by atoms with E-state index in [4.69, 9.17) is 22.9 Å². The molecule has 0 aliphatic carbocycles. The number of hydrogen-bond donors (Lipinski definition) is 4. The van der Waals surface area contributed by atoms with Crippen molar-refractivity contribution in [2.45, 2.75) is 19.7 Å². The van der Waals surface area contributed by atoms with Gasteiger partial charge >= 0.3 is 0 Å². The van der Waals surface area contributed by atoms with E-state index in [1.54, 1.807) is 8.83 Å². The van der Waals surface area contributed by atoms with Crippen LogP contribution in [0.5, 0.6) is 0 Å². The summed E-state index contributed by atoms with van der Waals surface area (Å²) >= 11 is 8.22. The SMILES string of the molecule is Nc1nnc(SC2=NN(SSN3N=C(Sc4nnc(N)s4)SC3N)C(N)S2)s1. The maximum atomic E-state index is 6.13. The van der Waals surface area contributed by atoms with E-state index in [-0.39, 0.29) is 11.0 Å². The van der Waals surface area contributed by atoms with Gasteiger partial charge in [0.25, 0.3) is 0 Å². The molecule has 2 aromatic rings. The Morgan fingerprint density at radius 1 is 0.714 bits per heavy atom. The molecular weight excluding hydrogens is 521 g/mol. The number of rotatable bonds is 5. The molecule has 2 aliphatic rings. The average Bonchev–Trinajstić information content (AvgIpc) is 3.38. The Hall–Kier alpha value is -0.320. The molecule has 0 aromatic carbocycles. The Labute approximate surface area is 191 Å². The lowest BCUT2D eigenvalue weighted by Gasteiger charge is -2.20. The predicted octanol–water partition coefficient (Wildman–Crippen LogP) is 1.77. The summed E-state index contributed by atoms with van der Waals surface area (Å²) in [5, 5.41) is 25.3. The Balaban J connectivity index is 1.31. The van der Waals surface area contributed by atoms with Crippen molar-refractivity contribution in [2.75, 3.05) is 11.5 Å². The van der Waals surface area contributed by atoms with Gasteiger partial charge in [-0.05, 0) is 23.5 Å². The number of hydrogen-bond acceptors (Lipinski definition) is 20. The summed E-state index contributed by atoms with van der Waals surface area (Å²) in [7, 11) is 2.68. The molecule has 150 valence electrons. The van der Waals surface area contributed by atoms with Crippen molar-refractivity contribution in [3.63, 3.8) is 0 Å². The minimum absolute atomic E-state index is 0.334. The van der Waals surface area contributed by atoms with Crippen LogP contribution in [0, 0.1) is 0 Å². The lowest BCUT2D eigenvalue weighted by atomic mass is 11.2. The molecule has 2 atom stereocenters. The van der Waals surface area contributed by atoms with Crippen LogP contribution in [-0.2, 0) is 0 Å². The first-order valence-corrected chi connectivity index (χ1v) is 14.0. The summed E-state index contributed by atoms with van der Waals surface area (Å²) in [6, 6.07) is 0. The van der Waals surface area contributed by atoms with Gasteiger partial charge in [0.2, 0.25) is 10.3 Å². The largest absolute Gasteiger partial charge is 0.374 e. The summed E-state index contributed by atoms with van der Waals surface area (Å²) in [6.45, 7) is 0. The van der Waals surface area contributed by atoms with Crippen molar-refractivity contribution in [1.29, 1.82) is 0 Å². The first-order chi connectivity index (χ1) is 13.5. The van der Waals surface area contributed by atoms with E-state index in [2.05, 4.69) is 30.6 Å². The zero-order valence-electron chi connectivity index (χ0n) is 13.3. The minimum atomic E-state index is -0.334. The van der Waals surface area contributed by atoms with E-state index in [1.807, 2.05) is 0 Å². The van der Waals surface area contributed by atoms with E-state index >= 15 is 0 Å². The number of anilines is 2. The number of thioether (sulfide) groups is 4. The molecule has 0 fully saturated rings. The standard InChI is InChI=1S/C8H10N12S8/c9-1-13-15-5(21-1)25-7-17-19(3(11)23-7)27-28-20-4(12)24-8(18-20)26-6-16-14-2(10)22-6/h3-4H,11-12H2,(H2,9,13)(H2,10,14). The number of nitrogen functional groups attached to an aromatic ring is 2. The molecule has 2 unspecified atom stereocenters. The molecule has 2 aliphatic heterocycles. The van der Waals surface area contributed by atoms with E-state index in [0.717, 1.165) is 17.4 Å². The zero-order valence-corrected chi connectivity index (χ0v) is 19.8. The molecule has 0 saturated carbocycles. The second kappa shape index (κ2) is 9.22. The maximum absolute atomic E-state index is 6.13. The highest BCUT2D eigenvalue weighted by molar-refractivity contribution is 8.75. The topological polar surface area (TPSA) is 187 Å². The Bertz CT molecular complexity index is 824. The van der Waals surface area contributed by atoms with Crippen molar-refractivity contribution >= 4 is 111 Å². The highest BCUT2D eigenvalue weighted by atomic mass is 33.1. The highest BCUT2D eigenvalue weighted by Crippen LogP contribution is 2.45. The summed E-state index contributed by atoms with van der Waals surface area (Å²) in [5.74, 6) is 0. The van der Waals surface area contributed by atoms with Gasteiger partial charge in [-0.2, -0.15) is 8.83 Å². The molecule has 2 aromatic heterocycles. The summed E-state index contributed by atoms with van der Waals surface area (Å²) < 4.78 is 6.35. The van der Waals surface area contributed by atoms with Gasteiger partial charge in [0, 0.05) is 0 Å². The van der Waals surface area contributed by atoms with Crippen LogP contribution in [0.1, 0.15) is 0 Å². The molecule has 0 bridgehead atoms. The molecular formula is C8H10N12S8. The van der Waals surface area contributed by atoms with E-state index in [0.29, 0.717) is 10.3 Å². The van der Waals surface area contributed by atoms with Gasteiger partial charge in [-0.3, -0.25) is 0 Å². The molecule has 28 heavy (non-hydrogen) atoms.